The maximum atomic E-state index is 6.15. The van der Waals surface area contributed by atoms with E-state index in [1.807, 2.05) is 26.2 Å². The fraction of sp³-hybridized carbons (Fsp3) is 1.00. The van der Waals surface area contributed by atoms with E-state index in [0.29, 0.717) is 0 Å². The number of rotatable bonds is 2. The summed E-state index contributed by atoms with van der Waals surface area (Å²) in [6, 6.07) is 0. The van der Waals surface area contributed by atoms with E-state index >= 15 is 0 Å². The lowest BCUT2D eigenvalue weighted by Crippen LogP contribution is -2.60. The van der Waals surface area contributed by atoms with Crippen molar-refractivity contribution in [3.8, 4) is 0 Å². The van der Waals surface area contributed by atoms with Crippen molar-refractivity contribution < 1.29 is 20.6 Å². The summed E-state index contributed by atoms with van der Waals surface area (Å²) < 4.78 is 29.8. The van der Waals surface area contributed by atoms with Gasteiger partial charge < -0.3 is 20.6 Å². The van der Waals surface area contributed by atoms with Gasteiger partial charge >= 0.3 is 17.4 Å². The van der Waals surface area contributed by atoms with Crippen LogP contribution in [0.5, 0.6) is 0 Å². The predicted octanol–water partition coefficient (Wildman–Crippen LogP) is 1.04. The molecule has 1 rings (SSSR count). The first-order valence-electron chi connectivity index (χ1n) is 5.85. The second kappa shape index (κ2) is 5.48. The van der Waals surface area contributed by atoms with Crippen LogP contribution in [-0.4, -0.2) is 45.0 Å². The van der Waals surface area contributed by atoms with E-state index in [-0.39, 0.29) is 0 Å². The Labute approximate surface area is 111 Å². The number of hydrogen-bond donors (Lipinski definition) is 0. The molecule has 2 atom stereocenters. The largest absolute Gasteiger partial charge is 0.468 e. The van der Waals surface area contributed by atoms with Crippen molar-refractivity contribution in [2.24, 2.45) is 0 Å². The molecule has 1 heterocycles. The fourth-order valence-corrected chi connectivity index (χ4v) is 19.1. The molecule has 1 saturated heterocycles. The van der Waals surface area contributed by atoms with Crippen molar-refractivity contribution in [1.82, 2.24) is 0 Å². The van der Waals surface area contributed by atoms with E-state index in [9.17, 15) is 0 Å². The molecule has 1 fully saturated rings. The Morgan fingerprint density at radius 2 is 1.76 bits per heavy atom. The highest BCUT2D eigenvalue weighted by molar-refractivity contribution is 6.87. The lowest BCUT2D eigenvalue weighted by Gasteiger charge is -2.40. The van der Waals surface area contributed by atoms with Gasteiger partial charge in [0.1, 0.15) is 0 Å². The Morgan fingerprint density at radius 3 is 2.29 bits per heavy atom. The minimum atomic E-state index is -2.56. The summed E-state index contributed by atoms with van der Waals surface area (Å²) in [5, 5.41) is 0. The van der Waals surface area contributed by atoms with E-state index in [4.69, 9.17) is 20.6 Å². The van der Waals surface area contributed by atoms with Crippen molar-refractivity contribution in [2.75, 3.05) is 0 Å². The highest BCUT2D eigenvalue weighted by atomic mass is 28.5. The van der Waals surface area contributed by atoms with Gasteiger partial charge in [-0.25, -0.2) is 0 Å². The standard InChI is InChI=1S/C7H24O5Si5/c1-14-8-13-9-17(7,11-15(2,3)4)12-16(5,6)10-14/h14H,13H2,1-7H3. The zero-order valence-electron chi connectivity index (χ0n) is 11.8. The van der Waals surface area contributed by atoms with Gasteiger partial charge in [-0.15, -0.1) is 0 Å². The fourth-order valence-electron chi connectivity index (χ4n) is 1.78. The van der Waals surface area contributed by atoms with Crippen LogP contribution in [0.25, 0.3) is 0 Å². The summed E-state index contributed by atoms with van der Waals surface area (Å²) in [6.45, 7) is 14.5. The molecular formula is C7H24O5Si5. The Morgan fingerprint density at radius 1 is 1.18 bits per heavy atom. The molecule has 17 heavy (non-hydrogen) atoms. The van der Waals surface area contributed by atoms with Gasteiger partial charge in [0.05, 0.1) is 0 Å². The van der Waals surface area contributed by atoms with Crippen LogP contribution in [0.2, 0.25) is 45.8 Å². The maximum absolute atomic E-state index is 6.15. The molecule has 1 aliphatic heterocycles. The Hall–Kier alpha value is 0.884. The molecule has 2 unspecified atom stereocenters. The number of hydrogen-bond acceptors (Lipinski definition) is 5. The molecule has 1 aliphatic rings. The van der Waals surface area contributed by atoms with Crippen molar-refractivity contribution in [3.63, 3.8) is 0 Å². The molecule has 0 spiro atoms. The van der Waals surface area contributed by atoms with Crippen LogP contribution in [0.15, 0.2) is 0 Å². The zero-order valence-corrected chi connectivity index (χ0v) is 17.4. The summed E-state index contributed by atoms with van der Waals surface area (Å²) in [5.74, 6) is 0. The van der Waals surface area contributed by atoms with Crippen molar-refractivity contribution in [2.45, 2.75) is 45.8 Å². The molecule has 0 aromatic carbocycles. The van der Waals surface area contributed by atoms with Crippen LogP contribution in [0, 0.1) is 0 Å². The van der Waals surface area contributed by atoms with E-state index in [1.54, 1.807) is 0 Å². The average molecular weight is 329 g/mol. The highest BCUT2D eigenvalue weighted by Crippen LogP contribution is 2.24. The summed E-state index contributed by atoms with van der Waals surface area (Å²) in [6.07, 6.45) is 0. The minimum absolute atomic E-state index is 1.02. The molecule has 102 valence electrons. The van der Waals surface area contributed by atoms with Gasteiger partial charge in [0.2, 0.25) is 0 Å². The first kappa shape index (κ1) is 15.9. The van der Waals surface area contributed by atoms with Gasteiger partial charge in [0.25, 0.3) is 19.3 Å². The van der Waals surface area contributed by atoms with Gasteiger partial charge in [-0.05, 0) is 39.3 Å². The van der Waals surface area contributed by atoms with Crippen LogP contribution in [0.4, 0.5) is 0 Å². The zero-order chi connectivity index (χ0) is 13.3. The monoisotopic (exact) mass is 328 g/mol. The predicted molar refractivity (Wildman–Crippen MR) is 79.4 cm³/mol. The normalized spacial score (nSPS) is 36.5. The molecule has 0 radical (unpaired) electrons. The Bertz CT molecular complexity index is 270. The van der Waals surface area contributed by atoms with Crippen LogP contribution >= 0.6 is 0 Å². The van der Waals surface area contributed by atoms with E-state index in [0.717, 1.165) is 0 Å². The third kappa shape index (κ3) is 6.04. The molecule has 0 aromatic rings. The van der Waals surface area contributed by atoms with Crippen LogP contribution in [0.3, 0.4) is 0 Å². The summed E-state index contributed by atoms with van der Waals surface area (Å²) in [7, 11) is -9.00. The second-order valence-electron chi connectivity index (χ2n) is 5.69. The summed E-state index contributed by atoms with van der Waals surface area (Å²) >= 11 is 0. The first-order valence-corrected chi connectivity index (χ1v) is 17.6. The smallest absolute Gasteiger partial charge is 0.423 e. The van der Waals surface area contributed by atoms with Gasteiger partial charge in [-0.3, -0.25) is 0 Å². The quantitative estimate of drug-likeness (QED) is 0.709. The van der Waals surface area contributed by atoms with E-state index in [2.05, 4.69) is 19.6 Å². The van der Waals surface area contributed by atoms with Crippen molar-refractivity contribution in [3.05, 3.63) is 0 Å². The van der Waals surface area contributed by atoms with Gasteiger partial charge in [-0.2, -0.15) is 0 Å². The SMILES string of the molecule is C[SiH]1O[SiH2]O[Si](C)(O[Si](C)(C)C)O[Si](C)(C)O1. The summed E-state index contributed by atoms with van der Waals surface area (Å²) in [4.78, 5) is 0. The maximum Gasteiger partial charge on any atom is 0.468 e. The molecule has 0 aromatic heterocycles. The molecule has 0 bridgehead atoms. The van der Waals surface area contributed by atoms with Gasteiger partial charge in [0, 0.05) is 6.55 Å². The van der Waals surface area contributed by atoms with Crippen molar-refractivity contribution in [1.29, 1.82) is 0 Å². The topological polar surface area (TPSA) is 46.2 Å². The van der Waals surface area contributed by atoms with E-state index < -0.39 is 45.0 Å². The van der Waals surface area contributed by atoms with Crippen LogP contribution in [-0.2, 0) is 20.6 Å². The van der Waals surface area contributed by atoms with Crippen LogP contribution < -0.4 is 0 Å². The van der Waals surface area contributed by atoms with Crippen LogP contribution in [0.1, 0.15) is 0 Å². The Kier molecular flexibility index (Phi) is 5.14. The average Bonchev–Trinajstić information content (AvgIpc) is 1.93. The summed E-state index contributed by atoms with van der Waals surface area (Å²) in [5.41, 5.74) is 0. The van der Waals surface area contributed by atoms with Gasteiger partial charge in [0.15, 0.2) is 8.32 Å². The molecule has 10 heteroatoms. The van der Waals surface area contributed by atoms with Crippen molar-refractivity contribution >= 4 is 45.0 Å². The molecule has 0 aliphatic carbocycles. The highest BCUT2D eigenvalue weighted by Gasteiger charge is 2.47. The first-order chi connectivity index (χ1) is 7.52. The third-order valence-corrected chi connectivity index (χ3v) is 18.0. The lowest BCUT2D eigenvalue weighted by atomic mass is 11.8. The second-order valence-corrected chi connectivity index (χ2v) is 20.9. The molecular weight excluding hydrogens is 305 g/mol. The molecule has 5 nitrogen and oxygen atoms in total. The van der Waals surface area contributed by atoms with Gasteiger partial charge in [-0.1, -0.05) is 0 Å². The molecule has 0 amide bonds. The lowest BCUT2D eigenvalue weighted by molar-refractivity contribution is 0.207. The molecule has 0 saturated carbocycles. The third-order valence-electron chi connectivity index (χ3n) is 2.00. The Balaban J connectivity index is 2.78. The van der Waals surface area contributed by atoms with E-state index in [1.165, 1.54) is 0 Å². The minimum Gasteiger partial charge on any atom is -0.423 e. The molecule has 0 N–H and O–H groups in total.